The van der Waals surface area contributed by atoms with E-state index in [2.05, 4.69) is 5.32 Å². The van der Waals surface area contributed by atoms with E-state index >= 15 is 0 Å². The summed E-state index contributed by atoms with van der Waals surface area (Å²) in [6.45, 7) is 1.78. The number of hydrogen-bond donors (Lipinski definition) is 1. The largest absolute Gasteiger partial charge is 0.448 e. The van der Waals surface area contributed by atoms with Crippen molar-refractivity contribution in [1.29, 1.82) is 0 Å². The lowest BCUT2D eigenvalue weighted by atomic mass is 9.98. The summed E-state index contributed by atoms with van der Waals surface area (Å²) in [5.74, 6) is -0.885. The Hall–Kier alpha value is -2.67. The minimum atomic E-state index is -3.26. The quantitative estimate of drug-likeness (QED) is 0.829. The fraction of sp³-hybridized carbons (Fsp3) is 0.263. The van der Waals surface area contributed by atoms with Crippen LogP contribution in [0.4, 0.5) is 0 Å². The monoisotopic (exact) mass is 373 g/mol. The molecule has 0 bridgehead atoms. The molecule has 0 fully saturated rings. The van der Waals surface area contributed by atoms with E-state index < -0.39 is 21.9 Å². The van der Waals surface area contributed by atoms with E-state index in [1.54, 1.807) is 31.2 Å². The van der Waals surface area contributed by atoms with Crippen molar-refractivity contribution in [1.82, 2.24) is 5.32 Å². The van der Waals surface area contributed by atoms with E-state index in [9.17, 15) is 18.0 Å². The number of amides is 1. The molecule has 136 valence electrons. The Morgan fingerprint density at radius 1 is 1.15 bits per heavy atom. The number of carbonyl (C=O) groups is 2. The summed E-state index contributed by atoms with van der Waals surface area (Å²) in [5.41, 5.74) is 2.03. The SMILES string of the molecule is C[C@@H](NC(=O)[C@H]1Cc2ccccc2C(=O)O1)c1ccc(S(C)(=O)=O)cc1. The van der Waals surface area contributed by atoms with Crippen LogP contribution in [0.25, 0.3) is 0 Å². The molecule has 1 aliphatic heterocycles. The van der Waals surface area contributed by atoms with E-state index in [-0.39, 0.29) is 16.8 Å². The van der Waals surface area contributed by atoms with Crippen LogP contribution in [-0.2, 0) is 25.8 Å². The van der Waals surface area contributed by atoms with Gasteiger partial charge in [-0.1, -0.05) is 30.3 Å². The third-order valence-electron chi connectivity index (χ3n) is 4.35. The second-order valence-electron chi connectivity index (χ2n) is 6.33. The summed E-state index contributed by atoms with van der Waals surface area (Å²) in [5, 5.41) is 2.81. The van der Waals surface area contributed by atoms with Gasteiger partial charge in [-0.05, 0) is 36.2 Å². The number of hydrogen-bond acceptors (Lipinski definition) is 5. The van der Waals surface area contributed by atoms with Gasteiger partial charge in [-0.2, -0.15) is 0 Å². The normalized spacial score (nSPS) is 17.8. The van der Waals surface area contributed by atoms with Crippen LogP contribution in [0.2, 0.25) is 0 Å². The third kappa shape index (κ3) is 3.77. The van der Waals surface area contributed by atoms with Gasteiger partial charge in [0.05, 0.1) is 16.5 Å². The highest BCUT2D eigenvalue weighted by atomic mass is 32.2. The molecule has 0 spiro atoms. The molecule has 26 heavy (non-hydrogen) atoms. The van der Waals surface area contributed by atoms with Gasteiger partial charge in [0.1, 0.15) is 0 Å². The lowest BCUT2D eigenvalue weighted by Gasteiger charge is -2.25. The molecule has 2 aromatic carbocycles. The van der Waals surface area contributed by atoms with E-state index in [0.29, 0.717) is 12.0 Å². The number of benzene rings is 2. The first kappa shape index (κ1) is 18.1. The molecule has 2 aromatic rings. The van der Waals surface area contributed by atoms with Gasteiger partial charge in [-0.25, -0.2) is 13.2 Å². The summed E-state index contributed by atoms with van der Waals surface area (Å²) in [6.07, 6.45) is 0.589. The van der Waals surface area contributed by atoms with Crippen molar-refractivity contribution in [2.45, 2.75) is 30.4 Å². The standard InChI is InChI=1S/C19H19NO5S/c1-12(13-7-9-15(10-8-13)26(2,23)24)20-18(21)17-11-14-5-3-4-6-16(14)19(22)25-17/h3-10,12,17H,11H2,1-2H3,(H,20,21)/t12-,17-/m1/s1. The highest BCUT2D eigenvalue weighted by Crippen LogP contribution is 2.22. The van der Waals surface area contributed by atoms with Crippen LogP contribution >= 0.6 is 0 Å². The highest BCUT2D eigenvalue weighted by molar-refractivity contribution is 7.90. The first-order valence-electron chi connectivity index (χ1n) is 8.15. The van der Waals surface area contributed by atoms with Crippen LogP contribution in [0.15, 0.2) is 53.4 Å². The van der Waals surface area contributed by atoms with Gasteiger partial charge in [0, 0.05) is 12.7 Å². The molecule has 0 saturated heterocycles. The molecule has 6 nitrogen and oxygen atoms in total. The van der Waals surface area contributed by atoms with Crippen molar-refractivity contribution in [3.8, 4) is 0 Å². The van der Waals surface area contributed by atoms with Crippen LogP contribution in [0, 0.1) is 0 Å². The van der Waals surface area contributed by atoms with Gasteiger partial charge in [0.2, 0.25) is 0 Å². The molecule has 0 aromatic heterocycles. The Kier molecular flexibility index (Phi) is 4.82. The molecule has 0 aliphatic carbocycles. The highest BCUT2D eigenvalue weighted by Gasteiger charge is 2.31. The average molecular weight is 373 g/mol. The topological polar surface area (TPSA) is 89.5 Å². The summed E-state index contributed by atoms with van der Waals surface area (Å²) >= 11 is 0. The summed E-state index contributed by atoms with van der Waals surface area (Å²) in [7, 11) is -3.26. The van der Waals surface area contributed by atoms with Gasteiger partial charge in [0.15, 0.2) is 15.9 Å². The summed E-state index contributed by atoms with van der Waals surface area (Å²) in [4.78, 5) is 24.7. The van der Waals surface area contributed by atoms with Crippen LogP contribution in [-0.4, -0.2) is 32.7 Å². The van der Waals surface area contributed by atoms with Crippen molar-refractivity contribution in [3.63, 3.8) is 0 Å². The van der Waals surface area contributed by atoms with Crippen molar-refractivity contribution < 1.29 is 22.7 Å². The zero-order valence-electron chi connectivity index (χ0n) is 14.4. The lowest BCUT2D eigenvalue weighted by molar-refractivity contribution is -0.131. The van der Waals surface area contributed by atoms with Gasteiger partial charge in [-0.15, -0.1) is 0 Å². The first-order chi connectivity index (χ1) is 12.3. The number of ether oxygens (including phenoxy) is 1. The molecule has 1 heterocycles. The molecule has 1 aliphatic rings. The second-order valence-corrected chi connectivity index (χ2v) is 8.34. The molecule has 0 saturated carbocycles. The number of nitrogens with one attached hydrogen (secondary N) is 1. The van der Waals surface area contributed by atoms with Crippen molar-refractivity contribution >= 4 is 21.7 Å². The number of carbonyl (C=O) groups excluding carboxylic acids is 2. The number of rotatable bonds is 4. The smallest absolute Gasteiger partial charge is 0.339 e. The number of cyclic esters (lactones) is 1. The Morgan fingerprint density at radius 3 is 2.46 bits per heavy atom. The minimum absolute atomic E-state index is 0.220. The fourth-order valence-electron chi connectivity index (χ4n) is 2.87. The van der Waals surface area contributed by atoms with Crippen LogP contribution in [0.1, 0.15) is 34.5 Å². The number of fused-ring (bicyclic) bond motifs is 1. The zero-order valence-corrected chi connectivity index (χ0v) is 15.2. The molecule has 1 amide bonds. The Bertz CT molecular complexity index is 950. The Labute approximate surface area is 152 Å². The minimum Gasteiger partial charge on any atom is -0.448 e. The van der Waals surface area contributed by atoms with Gasteiger partial charge in [0.25, 0.3) is 5.91 Å². The van der Waals surface area contributed by atoms with Crippen molar-refractivity contribution in [3.05, 3.63) is 65.2 Å². The molecule has 7 heteroatoms. The number of esters is 1. The van der Waals surface area contributed by atoms with E-state index in [1.807, 2.05) is 12.1 Å². The molecular weight excluding hydrogens is 354 g/mol. The Morgan fingerprint density at radius 2 is 1.81 bits per heavy atom. The number of sulfone groups is 1. The lowest BCUT2D eigenvalue weighted by Crippen LogP contribution is -2.42. The first-order valence-corrected chi connectivity index (χ1v) is 10.0. The van der Waals surface area contributed by atoms with Gasteiger partial charge >= 0.3 is 5.97 Å². The zero-order chi connectivity index (χ0) is 18.9. The van der Waals surface area contributed by atoms with Crippen LogP contribution < -0.4 is 5.32 Å². The van der Waals surface area contributed by atoms with Crippen LogP contribution in [0.3, 0.4) is 0 Å². The summed E-state index contributed by atoms with van der Waals surface area (Å²) in [6, 6.07) is 13.0. The maximum absolute atomic E-state index is 12.5. The van der Waals surface area contributed by atoms with Gasteiger partial charge < -0.3 is 10.1 Å². The third-order valence-corrected chi connectivity index (χ3v) is 5.48. The van der Waals surface area contributed by atoms with Crippen molar-refractivity contribution in [2.24, 2.45) is 0 Å². The van der Waals surface area contributed by atoms with E-state index in [1.165, 1.54) is 12.1 Å². The molecule has 0 radical (unpaired) electrons. The Balaban J connectivity index is 1.69. The second kappa shape index (κ2) is 6.92. The molecule has 1 N–H and O–H groups in total. The maximum atomic E-state index is 12.5. The van der Waals surface area contributed by atoms with Gasteiger partial charge in [-0.3, -0.25) is 4.79 Å². The molecular formula is C19H19NO5S. The van der Waals surface area contributed by atoms with E-state index in [4.69, 9.17) is 4.74 Å². The average Bonchev–Trinajstić information content (AvgIpc) is 2.61. The summed E-state index contributed by atoms with van der Waals surface area (Å²) < 4.78 is 28.3. The van der Waals surface area contributed by atoms with Crippen LogP contribution in [0.5, 0.6) is 0 Å². The molecule has 2 atom stereocenters. The maximum Gasteiger partial charge on any atom is 0.339 e. The fourth-order valence-corrected chi connectivity index (χ4v) is 3.50. The molecule has 0 unspecified atom stereocenters. The van der Waals surface area contributed by atoms with Crippen molar-refractivity contribution in [2.75, 3.05) is 6.26 Å². The molecule has 3 rings (SSSR count). The predicted molar refractivity (Wildman–Crippen MR) is 95.5 cm³/mol. The predicted octanol–water partition coefficient (Wildman–Crippen LogP) is 2.05. The van der Waals surface area contributed by atoms with E-state index in [0.717, 1.165) is 17.4 Å².